The second-order valence-electron chi connectivity index (χ2n) is 17.4. The fourth-order valence-electron chi connectivity index (χ4n) is 4.73. The van der Waals surface area contributed by atoms with E-state index >= 15 is 0 Å². The van der Waals surface area contributed by atoms with Crippen molar-refractivity contribution in [2.24, 2.45) is 0 Å². The number of rotatable bonds is 21. The van der Waals surface area contributed by atoms with Crippen LogP contribution in [0.5, 0.6) is 0 Å². The normalized spacial score (nSPS) is 13.5. The molecule has 0 aromatic heterocycles. The van der Waals surface area contributed by atoms with Gasteiger partial charge in [0.1, 0.15) is 40.5 Å². The van der Waals surface area contributed by atoms with Crippen LogP contribution < -0.4 is 31.9 Å². The molecule has 0 saturated heterocycles. The molecule has 18 nitrogen and oxygen atoms in total. The van der Waals surface area contributed by atoms with E-state index in [9.17, 15) is 38.7 Å². The number of hydrogen-bond donors (Lipinski definition) is 7. The van der Waals surface area contributed by atoms with E-state index in [2.05, 4.69) is 31.9 Å². The van der Waals surface area contributed by atoms with E-state index in [-0.39, 0.29) is 32.4 Å². The maximum absolute atomic E-state index is 13.3. The highest BCUT2D eigenvalue weighted by Crippen LogP contribution is 2.12. The third kappa shape index (κ3) is 28.9. The Balaban J connectivity index is 5.23. The first-order valence-corrected chi connectivity index (χ1v) is 19.3. The molecule has 324 valence electrons. The number of amides is 6. The number of ether oxygens (including phenoxy) is 4. The fourth-order valence-corrected chi connectivity index (χ4v) is 4.73. The second-order valence-corrected chi connectivity index (χ2v) is 17.4. The molecule has 0 aliphatic heterocycles. The zero-order chi connectivity index (χ0) is 43.3. The Morgan fingerprint density at radius 1 is 0.411 bits per heavy atom. The molecule has 0 aromatic rings. The highest BCUT2D eigenvalue weighted by molar-refractivity contribution is 5.89. The lowest BCUT2D eigenvalue weighted by atomic mass is 10.1. The molecule has 3 unspecified atom stereocenters. The summed E-state index contributed by atoms with van der Waals surface area (Å²) in [4.78, 5) is 87.3. The Morgan fingerprint density at radius 2 is 0.714 bits per heavy atom. The molecule has 0 spiro atoms. The maximum atomic E-state index is 13.3. The predicted molar refractivity (Wildman–Crippen MR) is 209 cm³/mol. The minimum Gasteiger partial charge on any atom is -0.480 e. The SMILES string of the molecule is CC(C)(C)OC(=O)NCCCCC(NC(=O)OC(C)(C)C)C(=O)NCCCCC(NC(=O)C(CCCCNC(=O)OC(C)(C)C)NC(=O)OC(C)(C)C)C(=O)O. The topological polar surface area (TPSA) is 249 Å². The van der Waals surface area contributed by atoms with Crippen LogP contribution in [0.4, 0.5) is 19.2 Å². The van der Waals surface area contributed by atoms with Crippen molar-refractivity contribution < 1.29 is 57.6 Å². The van der Waals surface area contributed by atoms with Crippen molar-refractivity contribution >= 4 is 42.2 Å². The minimum absolute atomic E-state index is 0.0279. The van der Waals surface area contributed by atoms with Crippen LogP contribution in [0, 0.1) is 0 Å². The van der Waals surface area contributed by atoms with Crippen LogP contribution in [0.25, 0.3) is 0 Å². The Kier molecular flexibility index (Phi) is 22.2. The molecule has 0 heterocycles. The van der Waals surface area contributed by atoms with Crippen molar-refractivity contribution in [3.8, 4) is 0 Å². The van der Waals surface area contributed by atoms with Crippen LogP contribution in [0.15, 0.2) is 0 Å². The Bertz CT molecular complexity index is 1280. The first kappa shape index (κ1) is 51.5. The number of unbranched alkanes of at least 4 members (excludes halogenated alkanes) is 3. The number of carboxylic acids is 1. The van der Waals surface area contributed by atoms with Gasteiger partial charge in [0.15, 0.2) is 0 Å². The van der Waals surface area contributed by atoms with Gasteiger partial charge < -0.3 is 56.0 Å². The van der Waals surface area contributed by atoms with Crippen LogP contribution in [0.1, 0.15) is 141 Å². The van der Waals surface area contributed by atoms with E-state index in [4.69, 9.17) is 18.9 Å². The Labute approximate surface area is 332 Å². The summed E-state index contributed by atoms with van der Waals surface area (Å²) in [5.41, 5.74) is -2.92. The smallest absolute Gasteiger partial charge is 0.408 e. The number of hydrogen-bond acceptors (Lipinski definition) is 11. The van der Waals surface area contributed by atoms with Crippen molar-refractivity contribution in [1.82, 2.24) is 31.9 Å². The molecule has 56 heavy (non-hydrogen) atoms. The van der Waals surface area contributed by atoms with E-state index in [0.717, 1.165) is 0 Å². The molecule has 0 saturated carbocycles. The molecule has 0 aliphatic carbocycles. The summed E-state index contributed by atoms with van der Waals surface area (Å²) in [6.07, 6.45) is 0.185. The maximum Gasteiger partial charge on any atom is 0.408 e. The Hall–Kier alpha value is -4.51. The van der Waals surface area contributed by atoms with Gasteiger partial charge in [-0.1, -0.05) is 0 Å². The summed E-state index contributed by atoms with van der Waals surface area (Å²) in [5.74, 6) is -2.45. The summed E-state index contributed by atoms with van der Waals surface area (Å²) in [6.45, 7) is 21.3. The van der Waals surface area contributed by atoms with Crippen molar-refractivity contribution in [2.45, 2.75) is 181 Å². The minimum atomic E-state index is -1.29. The quantitative estimate of drug-likeness (QED) is 0.0597. The number of carbonyl (C=O) groups is 7. The monoisotopic (exact) mass is 803 g/mol. The van der Waals surface area contributed by atoms with Gasteiger partial charge in [0.2, 0.25) is 11.8 Å². The molecule has 6 amide bonds. The molecule has 18 heteroatoms. The molecule has 0 aliphatic rings. The van der Waals surface area contributed by atoms with Gasteiger partial charge in [0.25, 0.3) is 0 Å². The first-order chi connectivity index (χ1) is 25.6. The number of nitrogens with one attached hydrogen (secondary N) is 6. The summed E-state index contributed by atoms with van der Waals surface area (Å²) in [5, 5.41) is 25.5. The molecule has 3 atom stereocenters. The van der Waals surface area contributed by atoms with Gasteiger partial charge in [0, 0.05) is 19.6 Å². The third-order valence-electron chi connectivity index (χ3n) is 7.02. The molecule has 0 bridgehead atoms. The van der Waals surface area contributed by atoms with Crippen LogP contribution in [-0.4, -0.2) is 107 Å². The molecule has 0 aromatic carbocycles. The lowest BCUT2D eigenvalue weighted by molar-refractivity contribution is -0.142. The van der Waals surface area contributed by atoms with Gasteiger partial charge in [0.05, 0.1) is 0 Å². The largest absolute Gasteiger partial charge is 0.480 e. The molecular formula is C38H70N6O12. The van der Waals surface area contributed by atoms with Crippen LogP contribution in [-0.2, 0) is 33.3 Å². The standard InChI is InChI=1S/C38H70N6O12/c1-35(2,3)53-31(49)40-23-17-13-19-25(43-33(51)55-37(7,8)9)28(45)39-22-16-15-21-27(30(47)48)42-29(46)26(44-34(52)56-38(10,11)12)20-14-18-24-41-32(50)54-36(4,5)6/h25-27H,13-24H2,1-12H3,(H,39,45)(H,40,49)(H,41,50)(H,42,46)(H,43,51)(H,44,52)(H,47,48). The first-order valence-electron chi connectivity index (χ1n) is 19.3. The van der Waals surface area contributed by atoms with E-state index in [1.54, 1.807) is 83.1 Å². The van der Waals surface area contributed by atoms with Crippen LogP contribution in [0.2, 0.25) is 0 Å². The predicted octanol–water partition coefficient (Wildman–Crippen LogP) is 5.02. The average molecular weight is 803 g/mol. The zero-order valence-electron chi connectivity index (χ0n) is 35.7. The summed E-state index contributed by atoms with van der Waals surface area (Å²) in [7, 11) is 0. The summed E-state index contributed by atoms with van der Waals surface area (Å²) < 4.78 is 21.0. The van der Waals surface area contributed by atoms with Crippen molar-refractivity contribution in [3.05, 3.63) is 0 Å². The zero-order valence-corrected chi connectivity index (χ0v) is 35.7. The molecule has 0 rings (SSSR count). The Morgan fingerprint density at radius 3 is 1.05 bits per heavy atom. The molecular weight excluding hydrogens is 732 g/mol. The number of aliphatic carboxylic acids is 1. The fraction of sp³-hybridized carbons (Fsp3) is 0.816. The van der Waals surface area contributed by atoms with Gasteiger partial charge in [-0.05, 0) is 141 Å². The van der Waals surface area contributed by atoms with E-state index in [0.29, 0.717) is 45.1 Å². The van der Waals surface area contributed by atoms with Crippen LogP contribution in [0.3, 0.4) is 0 Å². The van der Waals surface area contributed by atoms with Crippen LogP contribution >= 0.6 is 0 Å². The van der Waals surface area contributed by atoms with Crippen molar-refractivity contribution in [2.75, 3.05) is 19.6 Å². The number of carbonyl (C=O) groups excluding carboxylic acids is 6. The third-order valence-corrected chi connectivity index (χ3v) is 7.02. The van der Waals surface area contributed by atoms with E-state index < -0.39 is 82.7 Å². The number of alkyl carbamates (subject to hydrolysis) is 4. The molecule has 0 radical (unpaired) electrons. The van der Waals surface area contributed by atoms with Gasteiger partial charge >= 0.3 is 30.3 Å². The second kappa shape index (κ2) is 24.2. The van der Waals surface area contributed by atoms with E-state index in [1.807, 2.05) is 0 Å². The highest BCUT2D eigenvalue weighted by atomic mass is 16.6. The van der Waals surface area contributed by atoms with E-state index in [1.165, 1.54) is 0 Å². The van der Waals surface area contributed by atoms with Crippen molar-refractivity contribution in [1.29, 1.82) is 0 Å². The van der Waals surface area contributed by atoms with Gasteiger partial charge in [-0.2, -0.15) is 0 Å². The lowest BCUT2D eigenvalue weighted by Gasteiger charge is -2.24. The number of carboxylic acid groups (broad SMARTS) is 1. The molecule has 7 N–H and O–H groups in total. The average Bonchev–Trinajstić information content (AvgIpc) is 2.98. The van der Waals surface area contributed by atoms with Gasteiger partial charge in [-0.25, -0.2) is 24.0 Å². The summed E-state index contributed by atoms with van der Waals surface area (Å²) >= 11 is 0. The lowest BCUT2D eigenvalue weighted by Crippen LogP contribution is -2.52. The highest BCUT2D eigenvalue weighted by Gasteiger charge is 2.29. The van der Waals surface area contributed by atoms with Gasteiger partial charge in [-0.15, -0.1) is 0 Å². The molecule has 0 fully saturated rings. The van der Waals surface area contributed by atoms with Gasteiger partial charge in [-0.3, -0.25) is 9.59 Å². The summed E-state index contributed by atoms with van der Waals surface area (Å²) in [6, 6.07) is -3.33. The van der Waals surface area contributed by atoms with Crippen molar-refractivity contribution in [3.63, 3.8) is 0 Å².